The van der Waals surface area contributed by atoms with E-state index in [2.05, 4.69) is 4.90 Å². The molecule has 1 amide bonds. The smallest absolute Gasteiger partial charge is 0.227 e. The molecular formula is C13H26N2O3. The molecule has 1 rings (SSSR count). The van der Waals surface area contributed by atoms with Crippen LogP contribution in [0.2, 0.25) is 0 Å². The maximum Gasteiger partial charge on any atom is 0.227 e. The Labute approximate surface area is 110 Å². The van der Waals surface area contributed by atoms with Crippen LogP contribution in [0.3, 0.4) is 0 Å². The fourth-order valence-electron chi connectivity index (χ4n) is 2.11. The molecule has 0 bridgehead atoms. The molecule has 0 aromatic carbocycles. The zero-order valence-corrected chi connectivity index (χ0v) is 12.0. The van der Waals surface area contributed by atoms with Crippen LogP contribution < -0.4 is 0 Å². The molecule has 5 heteroatoms. The van der Waals surface area contributed by atoms with Gasteiger partial charge in [-0.2, -0.15) is 0 Å². The number of ether oxygens (including phenoxy) is 1. The first-order valence-corrected chi connectivity index (χ1v) is 6.54. The third-order valence-corrected chi connectivity index (χ3v) is 3.05. The van der Waals surface area contributed by atoms with Crippen molar-refractivity contribution in [3.8, 4) is 0 Å². The Balaban J connectivity index is 2.34. The Morgan fingerprint density at radius 1 is 1.39 bits per heavy atom. The summed E-state index contributed by atoms with van der Waals surface area (Å²) in [6.45, 7) is 9.81. The number of morpholine rings is 1. The Hall–Kier alpha value is -0.650. The summed E-state index contributed by atoms with van der Waals surface area (Å²) in [6.07, 6.45) is -0.501. The summed E-state index contributed by atoms with van der Waals surface area (Å²) < 4.78 is 5.26. The third kappa shape index (κ3) is 4.92. The van der Waals surface area contributed by atoms with Crippen LogP contribution in [-0.4, -0.2) is 73.4 Å². The Kier molecular flexibility index (Phi) is 5.56. The summed E-state index contributed by atoms with van der Waals surface area (Å²) in [5.74, 6) is 0.0588. The van der Waals surface area contributed by atoms with Gasteiger partial charge in [0, 0.05) is 38.6 Å². The molecular weight excluding hydrogens is 232 g/mol. The van der Waals surface area contributed by atoms with Crippen molar-refractivity contribution >= 4 is 5.91 Å². The van der Waals surface area contributed by atoms with E-state index in [-0.39, 0.29) is 5.91 Å². The van der Waals surface area contributed by atoms with E-state index < -0.39 is 11.5 Å². The van der Waals surface area contributed by atoms with Crippen LogP contribution in [0.5, 0.6) is 0 Å². The van der Waals surface area contributed by atoms with E-state index in [4.69, 9.17) is 4.74 Å². The van der Waals surface area contributed by atoms with Crippen molar-refractivity contribution in [3.05, 3.63) is 0 Å². The second kappa shape index (κ2) is 6.50. The van der Waals surface area contributed by atoms with E-state index in [0.29, 0.717) is 13.1 Å². The van der Waals surface area contributed by atoms with E-state index in [0.717, 1.165) is 26.3 Å². The number of carbonyl (C=O) groups is 1. The van der Waals surface area contributed by atoms with Crippen molar-refractivity contribution in [1.29, 1.82) is 0 Å². The van der Waals surface area contributed by atoms with E-state index in [9.17, 15) is 9.90 Å². The lowest BCUT2D eigenvalue weighted by molar-refractivity contribution is -0.139. The minimum atomic E-state index is -0.501. The minimum Gasteiger partial charge on any atom is -0.390 e. The lowest BCUT2D eigenvalue weighted by atomic mass is 9.95. The molecule has 1 N–H and O–H groups in total. The van der Waals surface area contributed by atoms with Gasteiger partial charge in [0.05, 0.1) is 19.3 Å². The molecule has 18 heavy (non-hydrogen) atoms. The molecule has 1 saturated heterocycles. The first-order valence-electron chi connectivity index (χ1n) is 6.54. The molecule has 0 aromatic heterocycles. The number of aliphatic hydroxyl groups excluding tert-OH is 1. The van der Waals surface area contributed by atoms with Crippen molar-refractivity contribution in [2.45, 2.75) is 26.9 Å². The van der Waals surface area contributed by atoms with E-state index >= 15 is 0 Å². The van der Waals surface area contributed by atoms with Gasteiger partial charge in [-0.1, -0.05) is 20.8 Å². The van der Waals surface area contributed by atoms with Crippen LogP contribution in [0.15, 0.2) is 0 Å². The van der Waals surface area contributed by atoms with Gasteiger partial charge in [0.15, 0.2) is 0 Å². The number of rotatable bonds is 4. The van der Waals surface area contributed by atoms with Gasteiger partial charge in [-0.15, -0.1) is 0 Å². The summed E-state index contributed by atoms with van der Waals surface area (Å²) in [5.41, 5.74) is -0.395. The SMILES string of the molecule is CN(CC(O)CN1CCOCC1)C(=O)C(C)(C)C. The zero-order chi connectivity index (χ0) is 13.8. The summed E-state index contributed by atoms with van der Waals surface area (Å²) in [4.78, 5) is 15.8. The molecule has 5 nitrogen and oxygen atoms in total. The molecule has 0 saturated carbocycles. The lowest BCUT2D eigenvalue weighted by Gasteiger charge is -2.31. The normalized spacial score (nSPS) is 19.6. The molecule has 0 spiro atoms. The van der Waals surface area contributed by atoms with Crippen LogP contribution in [0.25, 0.3) is 0 Å². The molecule has 1 heterocycles. The number of hydrogen-bond donors (Lipinski definition) is 1. The topological polar surface area (TPSA) is 53.0 Å². The molecule has 0 radical (unpaired) electrons. The molecule has 0 aromatic rings. The highest BCUT2D eigenvalue weighted by Gasteiger charge is 2.26. The average Bonchev–Trinajstić information content (AvgIpc) is 2.27. The summed E-state index contributed by atoms with van der Waals surface area (Å²) in [7, 11) is 1.75. The second-order valence-electron chi connectivity index (χ2n) is 6.00. The summed E-state index contributed by atoms with van der Waals surface area (Å²) in [5, 5.41) is 10.0. The van der Waals surface area contributed by atoms with Gasteiger partial charge in [0.25, 0.3) is 0 Å². The molecule has 1 unspecified atom stereocenters. The Bertz CT molecular complexity index is 270. The van der Waals surface area contributed by atoms with Crippen LogP contribution in [0.4, 0.5) is 0 Å². The van der Waals surface area contributed by atoms with Crippen LogP contribution in [0, 0.1) is 5.41 Å². The van der Waals surface area contributed by atoms with Gasteiger partial charge in [-0.05, 0) is 0 Å². The highest BCUT2D eigenvalue weighted by molar-refractivity contribution is 5.81. The van der Waals surface area contributed by atoms with Gasteiger partial charge in [-0.25, -0.2) is 0 Å². The fraction of sp³-hybridized carbons (Fsp3) is 0.923. The standard InChI is InChI=1S/C13H26N2O3/c1-13(2,3)12(17)14(4)9-11(16)10-15-5-7-18-8-6-15/h11,16H,5-10H2,1-4H3. The highest BCUT2D eigenvalue weighted by Crippen LogP contribution is 2.16. The Morgan fingerprint density at radius 2 is 1.94 bits per heavy atom. The molecule has 1 atom stereocenters. The predicted molar refractivity (Wildman–Crippen MR) is 70.4 cm³/mol. The predicted octanol–water partition coefficient (Wildman–Crippen LogP) is 0.184. The van der Waals surface area contributed by atoms with E-state index in [1.54, 1.807) is 11.9 Å². The zero-order valence-electron chi connectivity index (χ0n) is 12.0. The minimum absolute atomic E-state index is 0.0588. The molecule has 1 fully saturated rings. The van der Waals surface area contributed by atoms with Crippen molar-refractivity contribution in [2.24, 2.45) is 5.41 Å². The maximum absolute atomic E-state index is 12.0. The molecule has 1 aliphatic heterocycles. The quantitative estimate of drug-likeness (QED) is 0.782. The summed E-state index contributed by atoms with van der Waals surface area (Å²) in [6, 6.07) is 0. The van der Waals surface area contributed by atoms with E-state index in [1.165, 1.54) is 0 Å². The van der Waals surface area contributed by atoms with Crippen molar-refractivity contribution in [2.75, 3.05) is 46.4 Å². The number of likely N-dealkylation sites (N-methyl/N-ethyl adjacent to an activating group) is 1. The second-order valence-corrected chi connectivity index (χ2v) is 6.00. The first kappa shape index (κ1) is 15.4. The average molecular weight is 258 g/mol. The van der Waals surface area contributed by atoms with Gasteiger partial charge in [-0.3, -0.25) is 9.69 Å². The van der Waals surface area contributed by atoms with Crippen LogP contribution in [0.1, 0.15) is 20.8 Å². The first-order chi connectivity index (χ1) is 8.30. The molecule has 106 valence electrons. The van der Waals surface area contributed by atoms with Crippen LogP contribution >= 0.6 is 0 Å². The fourth-order valence-corrected chi connectivity index (χ4v) is 2.11. The monoisotopic (exact) mass is 258 g/mol. The third-order valence-electron chi connectivity index (χ3n) is 3.05. The van der Waals surface area contributed by atoms with Crippen molar-refractivity contribution in [3.63, 3.8) is 0 Å². The molecule has 0 aliphatic carbocycles. The summed E-state index contributed by atoms with van der Waals surface area (Å²) >= 11 is 0. The number of hydrogen-bond acceptors (Lipinski definition) is 4. The van der Waals surface area contributed by atoms with Crippen molar-refractivity contribution in [1.82, 2.24) is 9.80 Å². The molecule has 1 aliphatic rings. The number of aliphatic hydroxyl groups is 1. The largest absolute Gasteiger partial charge is 0.390 e. The van der Waals surface area contributed by atoms with Gasteiger partial charge < -0.3 is 14.7 Å². The van der Waals surface area contributed by atoms with Crippen LogP contribution in [-0.2, 0) is 9.53 Å². The number of β-amino-alcohol motifs (C(OH)–C–C–N with tert-alkyl or cyclic N) is 1. The lowest BCUT2D eigenvalue weighted by Crippen LogP contribution is -2.46. The number of amides is 1. The van der Waals surface area contributed by atoms with E-state index in [1.807, 2.05) is 20.8 Å². The number of nitrogens with zero attached hydrogens (tertiary/aromatic N) is 2. The maximum atomic E-state index is 12.0. The number of carbonyl (C=O) groups excluding carboxylic acids is 1. The highest BCUT2D eigenvalue weighted by atomic mass is 16.5. The van der Waals surface area contributed by atoms with Gasteiger partial charge >= 0.3 is 0 Å². The van der Waals surface area contributed by atoms with Crippen molar-refractivity contribution < 1.29 is 14.6 Å². The van der Waals surface area contributed by atoms with Gasteiger partial charge in [0.1, 0.15) is 0 Å². The Morgan fingerprint density at radius 3 is 2.44 bits per heavy atom. The van der Waals surface area contributed by atoms with Gasteiger partial charge in [0.2, 0.25) is 5.91 Å².